The molecule has 0 atom stereocenters. The number of benzene rings is 2. The second-order valence-corrected chi connectivity index (χ2v) is 6.79. The summed E-state index contributed by atoms with van der Waals surface area (Å²) in [6, 6.07) is 11.2. The van der Waals surface area contributed by atoms with Crippen molar-refractivity contribution in [3.63, 3.8) is 0 Å². The van der Waals surface area contributed by atoms with Crippen LogP contribution in [0.15, 0.2) is 41.4 Å². The summed E-state index contributed by atoms with van der Waals surface area (Å²) < 4.78 is 19.1. The van der Waals surface area contributed by atoms with E-state index < -0.39 is 0 Å². The zero-order valence-electron chi connectivity index (χ0n) is 15.8. The molecule has 0 saturated carbocycles. The zero-order chi connectivity index (χ0) is 19.4. The van der Waals surface area contributed by atoms with Crippen molar-refractivity contribution in [2.45, 2.75) is 19.9 Å². The van der Waals surface area contributed by atoms with Gasteiger partial charge in [0.25, 0.3) is 5.91 Å². The molecule has 0 spiro atoms. The van der Waals surface area contributed by atoms with Crippen LogP contribution in [0.3, 0.4) is 0 Å². The first-order chi connectivity index (χ1) is 13.1. The summed E-state index contributed by atoms with van der Waals surface area (Å²) in [6.07, 6.45) is 0.212. The van der Waals surface area contributed by atoms with Gasteiger partial charge in [-0.25, -0.2) is 0 Å². The second kappa shape index (κ2) is 8.26. The van der Waals surface area contributed by atoms with Crippen molar-refractivity contribution in [2.24, 2.45) is 4.99 Å². The Bertz CT molecular complexity index is 1040. The Balaban J connectivity index is 2.05. The lowest BCUT2D eigenvalue weighted by Gasteiger charge is -2.08. The molecule has 142 valence electrons. The average Bonchev–Trinajstić information content (AvgIpc) is 3.05. The van der Waals surface area contributed by atoms with Crippen LogP contribution >= 0.6 is 11.3 Å². The molecule has 0 unspecified atom stereocenters. The van der Waals surface area contributed by atoms with Crippen molar-refractivity contribution in [3.8, 4) is 17.2 Å². The van der Waals surface area contributed by atoms with Gasteiger partial charge < -0.3 is 18.8 Å². The molecule has 1 amide bonds. The van der Waals surface area contributed by atoms with Gasteiger partial charge in [-0.1, -0.05) is 23.5 Å². The molecule has 3 aromatic rings. The molecule has 0 N–H and O–H groups in total. The minimum atomic E-state index is -0.213. The van der Waals surface area contributed by atoms with Crippen LogP contribution in [-0.2, 0) is 17.8 Å². The van der Waals surface area contributed by atoms with Crippen LogP contribution < -0.4 is 19.0 Å². The number of hydrogen-bond donors (Lipinski definition) is 0. The van der Waals surface area contributed by atoms with Crippen LogP contribution in [0.4, 0.5) is 0 Å². The van der Waals surface area contributed by atoms with E-state index in [1.807, 2.05) is 47.9 Å². The maximum absolute atomic E-state index is 12.6. The molecule has 3 rings (SSSR count). The first kappa shape index (κ1) is 19.0. The fourth-order valence-electron chi connectivity index (χ4n) is 2.94. The lowest BCUT2D eigenvalue weighted by molar-refractivity contribution is -0.117. The first-order valence-corrected chi connectivity index (χ1v) is 9.37. The lowest BCUT2D eigenvalue weighted by atomic mass is 10.1. The molecule has 1 heterocycles. The van der Waals surface area contributed by atoms with E-state index in [0.717, 1.165) is 33.0 Å². The van der Waals surface area contributed by atoms with Gasteiger partial charge in [-0.2, -0.15) is 4.99 Å². The van der Waals surface area contributed by atoms with Crippen molar-refractivity contribution in [1.82, 2.24) is 4.57 Å². The van der Waals surface area contributed by atoms with Crippen LogP contribution in [0.2, 0.25) is 0 Å². The molecule has 6 nitrogen and oxygen atoms in total. The Kier molecular flexibility index (Phi) is 5.81. The third-order valence-electron chi connectivity index (χ3n) is 4.22. The number of nitrogens with zero attached hydrogens (tertiary/aromatic N) is 2. The van der Waals surface area contributed by atoms with Crippen LogP contribution in [0.5, 0.6) is 17.2 Å². The number of carbonyl (C=O) groups excluding carboxylic acids is 1. The highest BCUT2D eigenvalue weighted by molar-refractivity contribution is 7.16. The monoisotopic (exact) mass is 386 g/mol. The van der Waals surface area contributed by atoms with Gasteiger partial charge in [-0.15, -0.1) is 0 Å². The van der Waals surface area contributed by atoms with Crippen LogP contribution in [0.25, 0.3) is 10.2 Å². The highest BCUT2D eigenvalue weighted by Crippen LogP contribution is 2.35. The SMILES string of the molecule is CCn1c(=NC(=O)Cc2cccc(OC)c2)sc2c(OC)ccc(OC)c21. The predicted octanol–water partition coefficient (Wildman–Crippen LogP) is 3.42. The molecule has 0 fully saturated rings. The second-order valence-electron chi connectivity index (χ2n) is 5.81. The summed E-state index contributed by atoms with van der Waals surface area (Å²) in [6.45, 7) is 2.67. The van der Waals surface area contributed by atoms with E-state index in [-0.39, 0.29) is 12.3 Å². The number of thiazole rings is 1. The number of rotatable bonds is 6. The van der Waals surface area contributed by atoms with E-state index in [0.29, 0.717) is 11.3 Å². The summed E-state index contributed by atoms with van der Waals surface area (Å²) in [5.41, 5.74) is 1.75. The summed E-state index contributed by atoms with van der Waals surface area (Å²) >= 11 is 1.42. The van der Waals surface area contributed by atoms with Crippen LogP contribution in [0.1, 0.15) is 12.5 Å². The standard InChI is InChI=1S/C20H22N2O4S/c1-5-22-18-15(25-3)9-10-16(26-4)19(18)27-20(22)21-17(23)12-13-7-6-8-14(11-13)24-2/h6-11H,5,12H2,1-4H3. The lowest BCUT2D eigenvalue weighted by Crippen LogP contribution is -2.16. The van der Waals surface area contributed by atoms with Gasteiger partial charge in [0.2, 0.25) is 0 Å². The number of aromatic nitrogens is 1. The predicted molar refractivity (Wildman–Crippen MR) is 106 cm³/mol. The molecular weight excluding hydrogens is 364 g/mol. The zero-order valence-corrected chi connectivity index (χ0v) is 16.6. The largest absolute Gasteiger partial charge is 0.497 e. The number of hydrogen-bond acceptors (Lipinski definition) is 5. The molecule has 0 bridgehead atoms. The smallest absolute Gasteiger partial charge is 0.252 e. The molecule has 1 aromatic heterocycles. The summed E-state index contributed by atoms with van der Waals surface area (Å²) in [4.78, 5) is 17.5. The minimum absolute atomic E-state index is 0.212. The van der Waals surface area contributed by atoms with E-state index in [1.165, 1.54) is 11.3 Å². The Morgan fingerprint density at radius 1 is 1.07 bits per heavy atom. The summed E-state index contributed by atoms with van der Waals surface area (Å²) in [5.74, 6) is 1.97. The summed E-state index contributed by atoms with van der Waals surface area (Å²) in [5, 5.41) is 0. The maximum Gasteiger partial charge on any atom is 0.252 e. The van der Waals surface area contributed by atoms with Crippen molar-refractivity contribution >= 4 is 27.5 Å². The van der Waals surface area contributed by atoms with Gasteiger partial charge in [-0.05, 0) is 36.8 Å². The van der Waals surface area contributed by atoms with Crippen LogP contribution in [0, 0.1) is 0 Å². The van der Waals surface area contributed by atoms with E-state index in [9.17, 15) is 4.79 Å². The molecule has 0 aliphatic carbocycles. The summed E-state index contributed by atoms with van der Waals surface area (Å²) in [7, 11) is 4.86. The van der Waals surface area contributed by atoms with Crippen molar-refractivity contribution < 1.29 is 19.0 Å². The number of aryl methyl sites for hydroxylation is 1. The van der Waals surface area contributed by atoms with Gasteiger partial charge in [-0.3, -0.25) is 4.79 Å². The maximum atomic E-state index is 12.6. The Morgan fingerprint density at radius 3 is 2.48 bits per heavy atom. The number of fused-ring (bicyclic) bond motifs is 1. The van der Waals surface area contributed by atoms with Crippen LogP contribution in [-0.4, -0.2) is 31.8 Å². The van der Waals surface area contributed by atoms with E-state index >= 15 is 0 Å². The number of ether oxygens (including phenoxy) is 3. The molecule has 7 heteroatoms. The third kappa shape index (κ3) is 3.83. The third-order valence-corrected chi connectivity index (χ3v) is 5.31. The number of amides is 1. The highest BCUT2D eigenvalue weighted by atomic mass is 32.1. The molecule has 0 aliphatic heterocycles. The van der Waals surface area contributed by atoms with Gasteiger partial charge in [0.05, 0.1) is 27.8 Å². The Labute approximate surface area is 161 Å². The molecular formula is C20H22N2O4S. The van der Waals surface area contributed by atoms with Gasteiger partial charge in [0.15, 0.2) is 4.80 Å². The quantitative estimate of drug-likeness (QED) is 0.651. The van der Waals surface area contributed by atoms with Crippen molar-refractivity contribution in [2.75, 3.05) is 21.3 Å². The van der Waals surface area contributed by atoms with E-state index in [1.54, 1.807) is 21.3 Å². The molecule has 0 radical (unpaired) electrons. The van der Waals surface area contributed by atoms with E-state index in [2.05, 4.69) is 4.99 Å². The fraction of sp³-hybridized carbons (Fsp3) is 0.300. The molecule has 0 aliphatic rings. The van der Waals surface area contributed by atoms with E-state index in [4.69, 9.17) is 14.2 Å². The Hall–Kier alpha value is -2.80. The molecule has 0 saturated heterocycles. The fourth-order valence-corrected chi connectivity index (χ4v) is 4.16. The minimum Gasteiger partial charge on any atom is -0.497 e. The highest BCUT2D eigenvalue weighted by Gasteiger charge is 2.15. The van der Waals surface area contributed by atoms with Crippen molar-refractivity contribution in [3.05, 3.63) is 46.8 Å². The molecule has 2 aromatic carbocycles. The Morgan fingerprint density at radius 2 is 1.81 bits per heavy atom. The average molecular weight is 386 g/mol. The topological polar surface area (TPSA) is 62.1 Å². The number of carbonyl (C=O) groups is 1. The first-order valence-electron chi connectivity index (χ1n) is 8.56. The normalized spacial score (nSPS) is 11.6. The number of methoxy groups -OCH3 is 3. The van der Waals surface area contributed by atoms with Crippen molar-refractivity contribution in [1.29, 1.82) is 0 Å². The molecule has 27 heavy (non-hydrogen) atoms. The van der Waals surface area contributed by atoms with Gasteiger partial charge >= 0.3 is 0 Å². The van der Waals surface area contributed by atoms with Gasteiger partial charge in [0.1, 0.15) is 27.5 Å². The van der Waals surface area contributed by atoms with Gasteiger partial charge in [0, 0.05) is 6.54 Å².